The maximum atomic E-state index is 12.5. The number of aliphatic hydroxyl groups is 2. The second kappa shape index (κ2) is 60.9. The van der Waals surface area contributed by atoms with E-state index in [0.29, 0.717) is 6.42 Å². The van der Waals surface area contributed by atoms with Gasteiger partial charge in [0, 0.05) is 6.42 Å². The van der Waals surface area contributed by atoms with Gasteiger partial charge in [-0.15, -0.1) is 0 Å². The van der Waals surface area contributed by atoms with E-state index >= 15 is 0 Å². The standard InChI is InChI=1S/C65H125NO3/c1-3-5-7-9-11-13-15-17-19-21-23-25-27-29-30-31-32-33-34-35-36-37-39-41-43-45-47-49-51-53-55-57-59-61-65(69)66-63(62-67)64(68)60-58-56-54-52-50-48-46-44-42-40-38-28-26-24-22-20-18-16-14-12-10-8-6-4-2/h42,44,50,52,58,60,63-64,67-68H,3-41,43,45-49,51,53-57,59,61-62H2,1-2H3,(H,66,69)/b44-42+,52-50+,60-58+. The number of hydrogen-bond donors (Lipinski definition) is 3. The van der Waals surface area contributed by atoms with Gasteiger partial charge in [-0.1, -0.05) is 339 Å². The summed E-state index contributed by atoms with van der Waals surface area (Å²) in [6, 6.07) is -0.645. The minimum absolute atomic E-state index is 0.0705. The smallest absolute Gasteiger partial charge is 0.220 e. The summed E-state index contributed by atoms with van der Waals surface area (Å²) >= 11 is 0. The van der Waals surface area contributed by atoms with Crippen molar-refractivity contribution >= 4 is 5.91 Å². The zero-order valence-electron chi connectivity index (χ0n) is 47.1. The third-order valence-electron chi connectivity index (χ3n) is 14.9. The van der Waals surface area contributed by atoms with E-state index < -0.39 is 12.1 Å². The van der Waals surface area contributed by atoms with Gasteiger partial charge in [0.25, 0.3) is 0 Å². The molecule has 0 aliphatic rings. The fourth-order valence-electron chi connectivity index (χ4n) is 10.0. The normalized spacial score (nSPS) is 12.9. The Kier molecular flexibility index (Phi) is 59.7. The largest absolute Gasteiger partial charge is 0.394 e. The fourth-order valence-corrected chi connectivity index (χ4v) is 10.0. The molecule has 0 aromatic heterocycles. The first kappa shape index (κ1) is 67.6. The Balaban J connectivity index is 3.46. The summed E-state index contributed by atoms with van der Waals surface area (Å²) in [7, 11) is 0. The summed E-state index contributed by atoms with van der Waals surface area (Å²) in [5.74, 6) is -0.0705. The second-order valence-corrected chi connectivity index (χ2v) is 21.8. The van der Waals surface area contributed by atoms with Crippen LogP contribution in [0.4, 0.5) is 0 Å². The van der Waals surface area contributed by atoms with Crippen LogP contribution in [0.3, 0.4) is 0 Å². The highest BCUT2D eigenvalue weighted by Gasteiger charge is 2.18. The first-order valence-electron chi connectivity index (χ1n) is 31.7. The second-order valence-electron chi connectivity index (χ2n) is 21.8. The first-order valence-corrected chi connectivity index (χ1v) is 31.7. The van der Waals surface area contributed by atoms with Crippen LogP contribution in [-0.4, -0.2) is 34.9 Å². The summed E-state index contributed by atoms with van der Waals surface area (Å²) in [5.41, 5.74) is 0. The van der Waals surface area contributed by atoms with Crippen LogP contribution in [0, 0.1) is 0 Å². The molecule has 0 aromatic rings. The highest BCUT2D eigenvalue weighted by Crippen LogP contribution is 2.18. The Morgan fingerprint density at radius 3 is 0.841 bits per heavy atom. The molecule has 0 rings (SSSR count). The van der Waals surface area contributed by atoms with Crippen LogP contribution in [0.2, 0.25) is 0 Å². The lowest BCUT2D eigenvalue weighted by molar-refractivity contribution is -0.123. The summed E-state index contributed by atoms with van der Waals surface area (Å²) in [6.45, 7) is 4.34. The lowest BCUT2D eigenvalue weighted by atomic mass is 10.0. The van der Waals surface area contributed by atoms with Crippen molar-refractivity contribution in [2.45, 2.75) is 366 Å². The molecular formula is C65H125NO3. The van der Waals surface area contributed by atoms with E-state index in [9.17, 15) is 15.0 Å². The minimum atomic E-state index is -0.870. The zero-order chi connectivity index (χ0) is 49.9. The van der Waals surface area contributed by atoms with Crippen molar-refractivity contribution in [1.29, 1.82) is 0 Å². The molecule has 2 unspecified atom stereocenters. The molecule has 2 atom stereocenters. The van der Waals surface area contributed by atoms with E-state index in [1.54, 1.807) is 6.08 Å². The van der Waals surface area contributed by atoms with Crippen molar-refractivity contribution in [3.8, 4) is 0 Å². The Bertz CT molecular complexity index is 1050. The van der Waals surface area contributed by atoms with Gasteiger partial charge < -0.3 is 15.5 Å². The lowest BCUT2D eigenvalue weighted by Gasteiger charge is -2.19. The maximum Gasteiger partial charge on any atom is 0.220 e. The monoisotopic (exact) mass is 968 g/mol. The maximum absolute atomic E-state index is 12.5. The Labute approximate surface area is 433 Å². The lowest BCUT2D eigenvalue weighted by Crippen LogP contribution is -2.45. The molecular weight excluding hydrogens is 843 g/mol. The predicted molar refractivity (Wildman–Crippen MR) is 308 cm³/mol. The Morgan fingerprint density at radius 1 is 0.333 bits per heavy atom. The van der Waals surface area contributed by atoms with E-state index in [-0.39, 0.29) is 12.5 Å². The SMILES string of the molecule is CCCCCCCCCCCCCCCC/C=C/CC/C=C/CC/C=C/C(O)C(CO)NC(=O)CCCCCCCCCCCCCCCCCCCCCCCCCCCCCCCCCCC. The molecule has 0 aliphatic carbocycles. The van der Waals surface area contributed by atoms with Crippen LogP contribution in [0.5, 0.6) is 0 Å². The van der Waals surface area contributed by atoms with E-state index in [1.807, 2.05) is 6.08 Å². The van der Waals surface area contributed by atoms with Crippen molar-refractivity contribution < 1.29 is 15.0 Å². The molecule has 0 heterocycles. The van der Waals surface area contributed by atoms with Gasteiger partial charge in [0.15, 0.2) is 0 Å². The summed E-state index contributed by atoms with van der Waals surface area (Å²) in [6.07, 6.45) is 83.5. The molecule has 4 heteroatoms. The molecule has 4 nitrogen and oxygen atoms in total. The van der Waals surface area contributed by atoms with Gasteiger partial charge >= 0.3 is 0 Å². The average Bonchev–Trinajstić information content (AvgIpc) is 3.35. The number of carbonyl (C=O) groups is 1. The highest BCUT2D eigenvalue weighted by molar-refractivity contribution is 5.76. The van der Waals surface area contributed by atoms with E-state index in [1.165, 1.54) is 295 Å². The van der Waals surface area contributed by atoms with Crippen LogP contribution in [0.15, 0.2) is 36.5 Å². The van der Waals surface area contributed by atoms with Crippen molar-refractivity contribution in [2.24, 2.45) is 0 Å². The zero-order valence-corrected chi connectivity index (χ0v) is 47.1. The summed E-state index contributed by atoms with van der Waals surface area (Å²) < 4.78 is 0. The molecule has 1 amide bonds. The molecule has 408 valence electrons. The molecule has 0 aromatic carbocycles. The van der Waals surface area contributed by atoms with Crippen LogP contribution in [0.25, 0.3) is 0 Å². The number of aliphatic hydroxyl groups excluding tert-OH is 2. The van der Waals surface area contributed by atoms with Crippen molar-refractivity contribution in [2.75, 3.05) is 6.61 Å². The molecule has 69 heavy (non-hydrogen) atoms. The molecule has 0 radical (unpaired) electrons. The first-order chi connectivity index (χ1) is 34.2. The molecule has 0 bridgehead atoms. The van der Waals surface area contributed by atoms with E-state index in [4.69, 9.17) is 0 Å². The van der Waals surface area contributed by atoms with Crippen LogP contribution in [0.1, 0.15) is 354 Å². The molecule has 0 saturated carbocycles. The number of rotatable bonds is 59. The predicted octanol–water partition coefficient (Wildman–Crippen LogP) is 21.2. The van der Waals surface area contributed by atoms with Gasteiger partial charge in [0.2, 0.25) is 5.91 Å². The number of amides is 1. The molecule has 0 aliphatic heterocycles. The van der Waals surface area contributed by atoms with Gasteiger partial charge in [-0.05, 0) is 44.9 Å². The quantitative estimate of drug-likeness (QED) is 0.0420. The number of nitrogens with one attached hydrogen (secondary N) is 1. The topological polar surface area (TPSA) is 69.6 Å². The Hall–Kier alpha value is -1.39. The van der Waals surface area contributed by atoms with Gasteiger partial charge in [-0.3, -0.25) is 4.79 Å². The average molecular weight is 969 g/mol. The number of allylic oxidation sites excluding steroid dienone is 5. The van der Waals surface area contributed by atoms with Crippen molar-refractivity contribution in [1.82, 2.24) is 5.32 Å². The summed E-state index contributed by atoms with van der Waals surface area (Å²) in [5, 5.41) is 23.2. The van der Waals surface area contributed by atoms with E-state index in [0.717, 1.165) is 38.5 Å². The number of hydrogen-bond acceptors (Lipinski definition) is 3. The van der Waals surface area contributed by atoms with E-state index in [2.05, 4.69) is 43.5 Å². The van der Waals surface area contributed by atoms with Gasteiger partial charge in [-0.2, -0.15) is 0 Å². The van der Waals surface area contributed by atoms with Crippen molar-refractivity contribution in [3.05, 3.63) is 36.5 Å². The molecule has 3 N–H and O–H groups in total. The van der Waals surface area contributed by atoms with Crippen LogP contribution < -0.4 is 5.32 Å². The number of unbranched alkanes of at least 4 members (excludes halogenated alkanes) is 48. The minimum Gasteiger partial charge on any atom is -0.394 e. The van der Waals surface area contributed by atoms with Crippen LogP contribution >= 0.6 is 0 Å². The van der Waals surface area contributed by atoms with Crippen molar-refractivity contribution in [3.63, 3.8) is 0 Å². The Morgan fingerprint density at radius 2 is 0.565 bits per heavy atom. The third-order valence-corrected chi connectivity index (χ3v) is 14.9. The summed E-state index contributed by atoms with van der Waals surface area (Å²) in [4.78, 5) is 12.5. The third kappa shape index (κ3) is 57.4. The van der Waals surface area contributed by atoms with Gasteiger partial charge in [0.05, 0.1) is 18.8 Å². The highest BCUT2D eigenvalue weighted by atomic mass is 16.3. The molecule has 0 fully saturated rings. The fraction of sp³-hybridized carbons (Fsp3) is 0.892. The molecule has 0 saturated heterocycles. The van der Waals surface area contributed by atoms with Gasteiger partial charge in [-0.25, -0.2) is 0 Å². The van der Waals surface area contributed by atoms with Crippen LogP contribution in [-0.2, 0) is 4.79 Å². The van der Waals surface area contributed by atoms with Gasteiger partial charge in [0.1, 0.15) is 0 Å². The molecule has 0 spiro atoms. The number of carbonyl (C=O) groups excluding carboxylic acids is 1.